The van der Waals surface area contributed by atoms with Crippen LogP contribution in [-0.4, -0.2) is 46.9 Å². The van der Waals surface area contributed by atoms with E-state index in [1.54, 1.807) is 0 Å². The van der Waals surface area contributed by atoms with E-state index in [1.165, 1.54) is 18.0 Å². The summed E-state index contributed by atoms with van der Waals surface area (Å²) in [5.74, 6) is -1.16. The molecule has 182 valence electrons. The number of hydrogen-bond donors (Lipinski definition) is 1. The number of fused-ring (bicyclic) bond motifs is 3. The highest BCUT2D eigenvalue weighted by molar-refractivity contribution is 6.01. The minimum absolute atomic E-state index is 0.163. The fraction of sp³-hybridized carbons (Fsp3) is 0.261. The summed E-state index contributed by atoms with van der Waals surface area (Å²) in [6.07, 6.45) is -3.87. The average Bonchev–Trinajstić information content (AvgIpc) is 3.32. The van der Waals surface area contributed by atoms with Gasteiger partial charge in [-0.1, -0.05) is 0 Å². The number of rotatable bonds is 5. The number of alkyl halides is 3. The van der Waals surface area contributed by atoms with Crippen molar-refractivity contribution in [2.45, 2.75) is 25.9 Å². The van der Waals surface area contributed by atoms with E-state index in [0.29, 0.717) is 17.1 Å². The molecule has 0 saturated carbocycles. The number of carbonyl (C=O) groups excluding carboxylic acids is 1. The number of anilines is 1. The van der Waals surface area contributed by atoms with Crippen molar-refractivity contribution in [2.24, 2.45) is 9.98 Å². The lowest BCUT2D eigenvalue weighted by atomic mass is 10.0. The maximum absolute atomic E-state index is 15.1. The zero-order chi connectivity index (χ0) is 25.3. The molecule has 3 heterocycles. The van der Waals surface area contributed by atoms with E-state index >= 15 is 4.39 Å². The van der Waals surface area contributed by atoms with Gasteiger partial charge in [0.15, 0.2) is 0 Å². The number of amidine groups is 1. The molecular formula is C23H20F4N6O2. The van der Waals surface area contributed by atoms with Crippen LogP contribution in [0.15, 0.2) is 40.4 Å². The van der Waals surface area contributed by atoms with Crippen molar-refractivity contribution < 1.29 is 27.1 Å². The van der Waals surface area contributed by atoms with Gasteiger partial charge in [-0.05, 0) is 30.5 Å². The molecule has 1 amide bonds. The van der Waals surface area contributed by atoms with Gasteiger partial charge in [-0.15, -0.1) is 0 Å². The van der Waals surface area contributed by atoms with Crippen LogP contribution in [0.3, 0.4) is 0 Å². The highest BCUT2D eigenvalue weighted by Gasteiger charge is 2.31. The van der Waals surface area contributed by atoms with Gasteiger partial charge in [0.1, 0.15) is 17.5 Å². The lowest BCUT2D eigenvalue weighted by Gasteiger charge is -2.23. The molecule has 0 radical (unpaired) electrons. The van der Waals surface area contributed by atoms with E-state index in [-0.39, 0.29) is 54.7 Å². The number of amides is 1. The first-order valence-electron chi connectivity index (χ1n) is 10.3. The van der Waals surface area contributed by atoms with Crippen LogP contribution >= 0.6 is 0 Å². The summed E-state index contributed by atoms with van der Waals surface area (Å²) < 4.78 is 59.2. The third-order valence-electron chi connectivity index (χ3n) is 5.61. The molecule has 0 unspecified atom stereocenters. The van der Waals surface area contributed by atoms with Crippen LogP contribution in [0.2, 0.25) is 0 Å². The van der Waals surface area contributed by atoms with Crippen LogP contribution in [0.25, 0.3) is 10.9 Å². The topological polar surface area (TPSA) is 106 Å². The number of benzene rings is 1. The van der Waals surface area contributed by atoms with E-state index in [9.17, 15) is 18.0 Å². The van der Waals surface area contributed by atoms with Gasteiger partial charge < -0.3 is 15.4 Å². The van der Waals surface area contributed by atoms with Crippen LogP contribution in [-0.2, 0) is 30.7 Å². The van der Waals surface area contributed by atoms with Crippen LogP contribution in [0, 0.1) is 5.82 Å². The monoisotopic (exact) mass is 488 g/mol. The van der Waals surface area contributed by atoms with E-state index < -0.39 is 23.5 Å². The Bertz CT molecular complexity index is 1340. The maximum atomic E-state index is 15.1. The smallest absolute Gasteiger partial charge is 0.383 e. The summed E-state index contributed by atoms with van der Waals surface area (Å²) in [6, 6.07) is 4.51. The molecule has 0 fully saturated rings. The summed E-state index contributed by atoms with van der Waals surface area (Å²) in [5, 5.41) is 0.523. The third-order valence-corrected chi connectivity index (χ3v) is 5.61. The normalized spacial score (nSPS) is 13.7. The van der Waals surface area contributed by atoms with Gasteiger partial charge in [-0.2, -0.15) is 13.2 Å². The van der Waals surface area contributed by atoms with Gasteiger partial charge >= 0.3 is 6.18 Å². The Balaban J connectivity index is 1.73. The fourth-order valence-electron chi connectivity index (χ4n) is 3.77. The number of aliphatic imine (C=N–C) groups is 2. The van der Waals surface area contributed by atoms with Gasteiger partial charge in [-0.3, -0.25) is 14.8 Å². The molecule has 3 aromatic rings. The van der Waals surface area contributed by atoms with Crippen LogP contribution < -0.4 is 5.73 Å². The molecule has 2 aromatic heterocycles. The molecule has 0 spiro atoms. The van der Waals surface area contributed by atoms with Crippen molar-refractivity contribution >= 4 is 35.2 Å². The minimum Gasteiger partial charge on any atom is -0.383 e. The summed E-state index contributed by atoms with van der Waals surface area (Å²) in [4.78, 5) is 30.3. The molecule has 12 heteroatoms. The number of nitrogen functional groups attached to an aromatic ring is 1. The van der Waals surface area contributed by atoms with Crippen molar-refractivity contribution in [1.29, 1.82) is 0 Å². The quantitative estimate of drug-likeness (QED) is 0.334. The second-order valence-electron chi connectivity index (χ2n) is 7.79. The minimum atomic E-state index is -4.55. The zero-order valence-corrected chi connectivity index (χ0v) is 18.6. The van der Waals surface area contributed by atoms with Gasteiger partial charge in [0.25, 0.3) is 5.91 Å². The number of carbonyl (C=O) groups is 1. The number of halogens is 4. The predicted octanol–water partition coefficient (Wildman–Crippen LogP) is 3.77. The molecule has 8 nitrogen and oxygen atoms in total. The van der Waals surface area contributed by atoms with E-state index in [4.69, 9.17) is 10.5 Å². The molecule has 0 saturated heterocycles. The zero-order valence-electron chi connectivity index (χ0n) is 18.6. The highest BCUT2D eigenvalue weighted by atomic mass is 19.4. The van der Waals surface area contributed by atoms with Gasteiger partial charge in [0.2, 0.25) is 0 Å². The Morgan fingerprint density at radius 1 is 1.26 bits per heavy atom. The standard InChI is InChI=1S/C23H20F4N6O2/c1-29-20(30-2)9-33(8-13-4-3-12(7-31-13)23(25,26)27)22(34)15-5-14-16-10-35-11-17(16)21(28)32-19(14)6-18(15)24/h3-7H,1,8-11H2,2H3,(H2,28,32). The first kappa shape index (κ1) is 24.2. The Morgan fingerprint density at radius 2 is 2.00 bits per heavy atom. The second kappa shape index (κ2) is 9.37. The number of pyridine rings is 2. The van der Waals surface area contributed by atoms with Crippen LogP contribution in [0.4, 0.5) is 23.4 Å². The number of nitrogens with zero attached hydrogens (tertiary/aromatic N) is 5. The third kappa shape index (κ3) is 4.83. The largest absolute Gasteiger partial charge is 0.417 e. The summed E-state index contributed by atoms with van der Waals surface area (Å²) >= 11 is 0. The van der Waals surface area contributed by atoms with Crippen molar-refractivity contribution in [3.8, 4) is 0 Å². The van der Waals surface area contributed by atoms with E-state index in [2.05, 4.69) is 26.7 Å². The number of ether oxygens (including phenoxy) is 1. The Hall–Kier alpha value is -3.93. The van der Waals surface area contributed by atoms with Crippen molar-refractivity contribution in [2.75, 3.05) is 19.3 Å². The fourth-order valence-corrected chi connectivity index (χ4v) is 3.77. The number of nitrogens with two attached hydrogens (primary N) is 1. The van der Waals surface area contributed by atoms with Crippen LogP contribution in [0.5, 0.6) is 0 Å². The predicted molar refractivity (Wildman–Crippen MR) is 121 cm³/mol. The summed E-state index contributed by atoms with van der Waals surface area (Å²) in [6.45, 7) is 3.52. The molecule has 1 aromatic carbocycles. The molecule has 0 bridgehead atoms. The lowest BCUT2D eigenvalue weighted by Crippen LogP contribution is -2.35. The van der Waals surface area contributed by atoms with Gasteiger partial charge in [-0.25, -0.2) is 14.4 Å². The highest BCUT2D eigenvalue weighted by Crippen LogP contribution is 2.33. The van der Waals surface area contributed by atoms with Crippen molar-refractivity contribution in [1.82, 2.24) is 14.9 Å². The molecule has 2 N–H and O–H groups in total. The molecule has 0 atom stereocenters. The molecule has 35 heavy (non-hydrogen) atoms. The first-order chi connectivity index (χ1) is 16.6. The van der Waals surface area contributed by atoms with Crippen LogP contribution in [0.1, 0.15) is 32.7 Å². The summed E-state index contributed by atoms with van der Waals surface area (Å²) in [7, 11) is 1.44. The molecular weight excluding hydrogens is 468 g/mol. The Morgan fingerprint density at radius 3 is 2.63 bits per heavy atom. The van der Waals surface area contributed by atoms with E-state index in [1.807, 2.05) is 0 Å². The maximum Gasteiger partial charge on any atom is 0.417 e. The molecule has 1 aliphatic heterocycles. The second-order valence-corrected chi connectivity index (χ2v) is 7.79. The molecule has 0 aliphatic carbocycles. The summed E-state index contributed by atoms with van der Waals surface area (Å²) in [5.41, 5.74) is 6.61. The first-order valence-corrected chi connectivity index (χ1v) is 10.3. The Kier molecular flexibility index (Phi) is 6.48. The van der Waals surface area contributed by atoms with Gasteiger partial charge in [0, 0.05) is 30.3 Å². The van der Waals surface area contributed by atoms with Crippen molar-refractivity contribution in [3.63, 3.8) is 0 Å². The average molecular weight is 488 g/mol. The lowest BCUT2D eigenvalue weighted by molar-refractivity contribution is -0.137. The molecule has 4 rings (SSSR count). The Labute approximate surface area is 197 Å². The van der Waals surface area contributed by atoms with E-state index in [0.717, 1.165) is 23.8 Å². The number of aromatic nitrogens is 2. The van der Waals surface area contributed by atoms with Crippen molar-refractivity contribution in [3.05, 3.63) is 64.2 Å². The SMILES string of the molecule is C=NC(CN(Cc1ccc(C(F)(F)F)cn1)C(=O)c1cc2c3c(c(N)nc2cc1F)COC3)=NC. The van der Waals surface area contributed by atoms with Gasteiger partial charge in [0.05, 0.1) is 48.6 Å². The number of hydrogen-bond acceptors (Lipinski definition) is 6. The molecule has 1 aliphatic rings.